The molecule has 1 aliphatic heterocycles. The summed E-state index contributed by atoms with van der Waals surface area (Å²) in [7, 11) is 1.34. The lowest BCUT2D eigenvalue weighted by molar-refractivity contribution is -0.142. The first kappa shape index (κ1) is 14.1. The van der Waals surface area contributed by atoms with Gasteiger partial charge < -0.3 is 14.9 Å². The zero-order valence-electron chi connectivity index (χ0n) is 10.7. The van der Waals surface area contributed by atoms with Gasteiger partial charge in [0.05, 0.1) is 24.8 Å². The number of carbonyl (C=O) groups excluding carboxylic acids is 1. The molecule has 0 aliphatic carbocycles. The van der Waals surface area contributed by atoms with Crippen molar-refractivity contribution >= 4 is 17.7 Å². The van der Waals surface area contributed by atoms with Crippen LogP contribution in [0.2, 0.25) is 0 Å². The summed E-state index contributed by atoms with van der Waals surface area (Å²) in [5.74, 6) is 0.288. The first-order valence-corrected chi connectivity index (χ1v) is 6.87. The van der Waals surface area contributed by atoms with Crippen LogP contribution in [0.4, 0.5) is 0 Å². The number of hydrogen-bond donors (Lipinski definition) is 3. The molecule has 3 N–H and O–H groups in total. The molecule has 19 heavy (non-hydrogen) atoms. The van der Waals surface area contributed by atoms with Crippen molar-refractivity contribution < 1.29 is 19.7 Å². The average Bonchev–Trinajstić information content (AvgIpc) is 2.90. The number of hydrogen-bond acceptors (Lipinski definition) is 7. The van der Waals surface area contributed by atoms with Gasteiger partial charge >= 0.3 is 5.97 Å². The minimum Gasteiger partial charge on any atom is -0.506 e. The van der Waals surface area contributed by atoms with Crippen LogP contribution in [0.3, 0.4) is 0 Å². The van der Waals surface area contributed by atoms with E-state index in [1.165, 1.54) is 25.1 Å². The lowest BCUT2D eigenvalue weighted by atomic mass is 10.1. The highest BCUT2D eigenvalue weighted by Crippen LogP contribution is 2.40. The third kappa shape index (κ3) is 2.68. The molecular formula is C12H16N2O4S. The van der Waals surface area contributed by atoms with Gasteiger partial charge in [0.15, 0.2) is 0 Å². The molecule has 1 aliphatic rings. The number of carbonyl (C=O) groups is 1. The van der Waals surface area contributed by atoms with E-state index >= 15 is 0 Å². The molecule has 2 atom stereocenters. The number of aliphatic hydroxyl groups is 1. The molecular weight excluding hydrogens is 268 g/mol. The van der Waals surface area contributed by atoms with E-state index in [1.807, 2.05) is 0 Å². The molecule has 0 amide bonds. The van der Waals surface area contributed by atoms with Gasteiger partial charge in [-0.25, -0.2) is 0 Å². The zero-order chi connectivity index (χ0) is 14.0. The molecule has 2 rings (SSSR count). The number of thioether (sulfide) groups is 1. The number of esters is 1. The van der Waals surface area contributed by atoms with E-state index in [2.05, 4.69) is 15.0 Å². The molecule has 0 saturated carbocycles. The summed E-state index contributed by atoms with van der Waals surface area (Å²) in [6, 6.07) is -0.403. The van der Waals surface area contributed by atoms with Crippen LogP contribution in [0, 0.1) is 6.92 Å². The van der Waals surface area contributed by atoms with Crippen molar-refractivity contribution in [1.29, 1.82) is 0 Å². The molecule has 0 spiro atoms. The summed E-state index contributed by atoms with van der Waals surface area (Å²) in [4.78, 5) is 15.5. The first-order valence-electron chi connectivity index (χ1n) is 5.82. The Morgan fingerprint density at radius 1 is 1.68 bits per heavy atom. The molecule has 0 bridgehead atoms. The fourth-order valence-electron chi connectivity index (χ4n) is 1.99. The van der Waals surface area contributed by atoms with Gasteiger partial charge in [0.2, 0.25) is 0 Å². The van der Waals surface area contributed by atoms with Crippen molar-refractivity contribution in [2.75, 3.05) is 12.9 Å². The largest absolute Gasteiger partial charge is 0.506 e. The molecule has 6 nitrogen and oxygen atoms in total. The van der Waals surface area contributed by atoms with Crippen molar-refractivity contribution in [1.82, 2.24) is 10.3 Å². The molecule has 2 heterocycles. The zero-order valence-corrected chi connectivity index (χ0v) is 11.5. The van der Waals surface area contributed by atoms with Gasteiger partial charge in [-0.3, -0.25) is 15.1 Å². The van der Waals surface area contributed by atoms with Crippen LogP contribution in [0.5, 0.6) is 5.75 Å². The molecule has 1 saturated heterocycles. The smallest absolute Gasteiger partial charge is 0.323 e. The van der Waals surface area contributed by atoms with Crippen molar-refractivity contribution in [2.24, 2.45) is 0 Å². The molecule has 1 fully saturated rings. The van der Waals surface area contributed by atoms with Gasteiger partial charge in [-0.15, -0.1) is 11.8 Å². The Balaban J connectivity index is 2.28. The van der Waals surface area contributed by atoms with Crippen LogP contribution in [0.15, 0.2) is 6.20 Å². The highest BCUT2D eigenvalue weighted by atomic mass is 32.2. The van der Waals surface area contributed by atoms with E-state index in [0.29, 0.717) is 22.6 Å². The fraction of sp³-hybridized carbons (Fsp3) is 0.500. The SMILES string of the molecule is COC(=O)C1CSC(c2c(CO)cnc(C)c2O)N1. The van der Waals surface area contributed by atoms with Crippen LogP contribution in [0.1, 0.15) is 22.2 Å². The second kappa shape index (κ2) is 5.77. The highest BCUT2D eigenvalue weighted by Gasteiger charge is 2.34. The van der Waals surface area contributed by atoms with Crippen molar-refractivity contribution in [3.8, 4) is 5.75 Å². The second-order valence-corrected chi connectivity index (χ2v) is 5.38. The summed E-state index contributed by atoms with van der Waals surface area (Å²) in [6.07, 6.45) is 1.54. The minimum absolute atomic E-state index is 0.0575. The number of rotatable bonds is 3. The van der Waals surface area contributed by atoms with Crippen LogP contribution in [-0.2, 0) is 16.1 Å². The summed E-state index contributed by atoms with van der Waals surface area (Å²) in [5, 5.41) is 22.3. The standard InChI is InChI=1S/C12H16N2O4S/c1-6-10(16)9(7(4-15)3-13-6)11-14-8(5-19-11)12(17)18-2/h3,8,11,14-16H,4-5H2,1-2H3. The maximum Gasteiger partial charge on any atom is 0.323 e. The van der Waals surface area contributed by atoms with E-state index in [-0.39, 0.29) is 23.7 Å². The quantitative estimate of drug-likeness (QED) is 0.695. The topological polar surface area (TPSA) is 91.7 Å². The number of pyridine rings is 1. The lowest BCUT2D eigenvalue weighted by Gasteiger charge is -2.17. The van der Waals surface area contributed by atoms with Crippen LogP contribution in [-0.4, -0.2) is 40.1 Å². The summed E-state index contributed by atoms with van der Waals surface area (Å²) in [6.45, 7) is 1.48. The van der Waals surface area contributed by atoms with E-state index in [9.17, 15) is 15.0 Å². The van der Waals surface area contributed by atoms with E-state index in [1.54, 1.807) is 6.92 Å². The Morgan fingerprint density at radius 2 is 2.42 bits per heavy atom. The number of aryl methyl sites for hydroxylation is 1. The Morgan fingerprint density at radius 3 is 3.05 bits per heavy atom. The van der Waals surface area contributed by atoms with Crippen LogP contribution >= 0.6 is 11.8 Å². The number of methoxy groups -OCH3 is 1. The molecule has 2 unspecified atom stereocenters. The van der Waals surface area contributed by atoms with Crippen molar-refractivity contribution in [2.45, 2.75) is 24.9 Å². The number of aromatic nitrogens is 1. The van der Waals surface area contributed by atoms with Gasteiger partial charge in [-0.05, 0) is 6.92 Å². The summed E-state index contributed by atoms with van der Waals surface area (Å²) in [5.41, 5.74) is 1.64. The minimum atomic E-state index is -0.403. The Kier molecular flexibility index (Phi) is 4.28. The van der Waals surface area contributed by atoms with Gasteiger partial charge in [-0.1, -0.05) is 0 Å². The second-order valence-electron chi connectivity index (χ2n) is 4.25. The van der Waals surface area contributed by atoms with Gasteiger partial charge in [0.1, 0.15) is 11.8 Å². The maximum atomic E-state index is 11.5. The predicted molar refractivity (Wildman–Crippen MR) is 70.7 cm³/mol. The highest BCUT2D eigenvalue weighted by molar-refractivity contribution is 7.99. The van der Waals surface area contributed by atoms with E-state index in [4.69, 9.17) is 0 Å². The number of nitrogens with one attached hydrogen (secondary N) is 1. The third-order valence-electron chi connectivity index (χ3n) is 3.06. The number of nitrogens with zero attached hydrogens (tertiary/aromatic N) is 1. The fourth-order valence-corrected chi connectivity index (χ4v) is 3.29. The summed E-state index contributed by atoms with van der Waals surface area (Å²) < 4.78 is 4.69. The van der Waals surface area contributed by atoms with Crippen LogP contribution in [0.25, 0.3) is 0 Å². The number of ether oxygens (including phenoxy) is 1. The maximum absolute atomic E-state index is 11.5. The molecule has 0 aromatic carbocycles. The predicted octanol–water partition coefficient (Wildman–Crippen LogP) is 0.465. The molecule has 0 radical (unpaired) electrons. The number of aromatic hydroxyl groups is 1. The Labute approximate surface area is 115 Å². The monoisotopic (exact) mass is 284 g/mol. The van der Waals surface area contributed by atoms with Gasteiger partial charge in [-0.2, -0.15) is 0 Å². The van der Waals surface area contributed by atoms with Gasteiger partial charge in [0, 0.05) is 23.1 Å². The number of aliphatic hydroxyl groups excluding tert-OH is 1. The van der Waals surface area contributed by atoms with Gasteiger partial charge in [0.25, 0.3) is 0 Å². The lowest BCUT2D eigenvalue weighted by Crippen LogP contribution is -2.35. The average molecular weight is 284 g/mol. The summed E-state index contributed by atoms with van der Waals surface area (Å²) >= 11 is 1.49. The first-order chi connectivity index (χ1) is 9.08. The molecule has 104 valence electrons. The normalized spacial score (nSPS) is 22.5. The van der Waals surface area contributed by atoms with E-state index < -0.39 is 6.04 Å². The van der Waals surface area contributed by atoms with Crippen molar-refractivity contribution in [3.05, 3.63) is 23.0 Å². The Hall–Kier alpha value is -1.31. The Bertz CT molecular complexity index is 495. The molecule has 7 heteroatoms. The molecule has 1 aromatic heterocycles. The van der Waals surface area contributed by atoms with Crippen LogP contribution < -0.4 is 5.32 Å². The molecule has 1 aromatic rings. The third-order valence-corrected chi connectivity index (χ3v) is 4.29. The van der Waals surface area contributed by atoms with Crippen molar-refractivity contribution in [3.63, 3.8) is 0 Å². The van der Waals surface area contributed by atoms with E-state index in [0.717, 1.165) is 0 Å².